The number of nitrogens with one attached hydrogen (secondary N) is 1. The summed E-state index contributed by atoms with van der Waals surface area (Å²) in [6.45, 7) is 5.77. The van der Waals surface area contributed by atoms with E-state index < -0.39 is 0 Å². The van der Waals surface area contributed by atoms with Gasteiger partial charge in [-0.25, -0.2) is 4.98 Å². The highest BCUT2D eigenvalue weighted by atomic mass is 32.1. The summed E-state index contributed by atoms with van der Waals surface area (Å²) in [5.74, 6) is 0.110. The van der Waals surface area contributed by atoms with Crippen molar-refractivity contribution >= 4 is 32.6 Å². The number of rotatable bonds is 5. The lowest BCUT2D eigenvalue weighted by atomic mass is 10.3. The van der Waals surface area contributed by atoms with Gasteiger partial charge in [0, 0.05) is 13.1 Å². The van der Waals surface area contributed by atoms with Crippen molar-refractivity contribution in [1.82, 2.24) is 9.88 Å². The highest BCUT2D eigenvalue weighted by Gasteiger charge is 2.10. The third-order valence-electron chi connectivity index (χ3n) is 2.80. The molecule has 0 spiro atoms. The Bertz CT molecular complexity index is 501. The molecule has 96 valence electrons. The Labute approximate surface area is 111 Å². The summed E-state index contributed by atoms with van der Waals surface area (Å²) >= 11 is 1.57. The van der Waals surface area contributed by atoms with Crippen LogP contribution in [0.25, 0.3) is 10.2 Å². The maximum Gasteiger partial charge on any atom is 0.241 e. The van der Waals surface area contributed by atoms with E-state index in [-0.39, 0.29) is 5.91 Å². The molecule has 1 heterocycles. The molecule has 0 aliphatic heterocycles. The van der Waals surface area contributed by atoms with Crippen LogP contribution in [0.1, 0.15) is 13.8 Å². The maximum absolute atomic E-state index is 11.8. The molecule has 2 rings (SSSR count). The summed E-state index contributed by atoms with van der Waals surface area (Å²) in [7, 11) is 0. The number of amides is 1. The molecular weight excluding hydrogens is 246 g/mol. The highest BCUT2D eigenvalue weighted by molar-refractivity contribution is 7.22. The number of hydrogen-bond donors (Lipinski definition) is 1. The van der Waals surface area contributed by atoms with Crippen LogP contribution in [0.15, 0.2) is 24.3 Å². The minimum Gasteiger partial charge on any atom is -0.352 e. The molecule has 0 unspecified atom stereocenters. The van der Waals surface area contributed by atoms with Crippen LogP contribution in [0, 0.1) is 0 Å². The maximum atomic E-state index is 11.8. The van der Waals surface area contributed by atoms with Gasteiger partial charge in [-0.3, -0.25) is 4.79 Å². The molecule has 0 saturated heterocycles. The van der Waals surface area contributed by atoms with Gasteiger partial charge in [0.15, 0.2) is 5.13 Å². The lowest BCUT2D eigenvalue weighted by Crippen LogP contribution is -2.35. The third kappa shape index (κ3) is 2.79. The van der Waals surface area contributed by atoms with Gasteiger partial charge in [-0.15, -0.1) is 0 Å². The average Bonchev–Trinajstić information content (AvgIpc) is 2.80. The first-order valence-electron chi connectivity index (χ1n) is 6.11. The normalized spacial score (nSPS) is 10.6. The predicted molar refractivity (Wildman–Crippen MR) is 76.0 cm³/mol. The zero-order valence-electron chi connectivity index (χ0n) is 10.6. The zero-order chi connectivity index (χ0) is 13.0. The lowest BCUT2D eigenvalue weighted by molar-refractivity contribution is -0.128. The fourth-order valence-electron chi connectivity index (χ4n) is 1.79. The van der Waals surface area contributed by atoms with Crippen molar-refractivity contribution in [3.63, 3.8) is 0 Å². The van der Waals surface area contributed by atoms with E-state index in [1.165, 1.54) is 0 Å². The average molecular weight is 263 g/mol. The van der Waals surface area contributed by atoms with Gasteiger partial charge in [-0.1, -0.05) is 23.5 Å². The van der Waals surface area contributed by atoms with Crippen molar-refractivity contribution in [2.45, 2.75) is 13.8 Å². The van der Waals surface area contributed by atoms with E-state index >= 15 is 0 Å². The number of fused-ring (bicyclic) bond motifs is 1. The molecular formula is C13H17N3OS. The second-order valence-corrected chi connectivity index (χ2v) is 4.94. The van der Waals surface area contributed by atoms with E-state index in [1.807, 2.05) is 38.1 Å². The first-order chi connectivity index (χ1) is 8.74. The standard InChI is InChI=1S/C13H17N3OS/c1-3-16(4-2)12(17)9-14-13-15-10-7-5-6-8-11(10)18-13/h5-8H,3-4,9H2,1-2H3,(H,14,15). The van der Waals surface area contributed by atoms with Crippen molar-refractivity contribution < 1.29 is 4.79 Å². The number of nitrogens with zero attached hydrogens (tertiary/aromatic N) is 2. The largest absolute Gasteiger partial charge is 0.352 e. The summed E-state index contributed by atoms with van der Waals surface area (Å²) in [5.41, 5.74) is 0.972. The summed E-state index contributed by atoms with van der Waals surface area (Å²) in [6.07, 6.45) is 0. The number of para-hydroxylation sites is 1. The number of anilines is 1. The minimum atomic E-state index is 0.110. The summed E-state index contributed by atoms with van der Waals surface area (Å²) < 4.78 is 1.13. The molecule has 0 fully saturated rings. The molecule has 5 heteroatoms. The minimum absolute atomic E-state index is 0.110. The Balaban J connectivity index is 1.99. The second kappa shape index (κ2) is 5.82. The molecule has 0 radical (unpaired) electrons. The zero-order valence-corrected chi connectivity index (χ0v) is 11.5. The number of hydrogen-bond acceptors (Lipinski definition) is 4. The summed E-state index contributed by atoms with van der Waals surface area (Å²) in [6, 6.07) is 7.96. The number of benzene rings is 1. The number of aromatic nitrogens is 1. The second-order valence-electron chi connectivity index (χ2n) is 3.91. The fourth-order valence-corrected chi connectivity index (χ4v) is 2.65. The van der Waals surface area contributed by atoms with E-state index in [4.69, 9.17) is 0 Å². The van der Waals surface area contributed by atoms with Crippen molar-refractivity contribution in [3.05, 3.63) is 24.3 Å². The fraction of sp³-hybridized carbons (Fsp3) is 0.385. The third-order valence-corrected chi connectivity index (χ3v) is 3.79. The van der Waals surface area contributed by atoms with Crippen LogP contribution in [-0.4, -0.2) is 35.4 Å². The number of thiazole rings is 1. The van der Waals surface area contributed by atoms with E-state index in [2.05, 4.69) is 10.3 Å². The number of carbonyl (C=O) groups excluding carboxylic acids is 1. The Morgan fingerprint density at radius 2 is 2.06 bits per heavy atom. The van der Waals surface area contributed by atoms with Gasteiger partial charge in [0.25, 0.3) is 0 Å². The highest BCUT2D eigenvalue weighted by Crippen LogP contribution is 2.24. The van der Waals surface area contributed by atoms with Crippen molar-refractivity contribution in [2.24, 2.45) is 0 Å². The Kier molecular flexibility index (Phi) is 4.15. The van der Waals surface area contributed by atoms with Gasteiger partial charge in [-0.2, -0.15) is 0 Å². The molecule has 1 amide bonds. The summed E-state index contributed by atoms with van der Waals surface area (Å²) in [4.78, 5) is 18.1. The van der Waals surface area contributed by atoms with E-state index in [0.29, 0.717) is 6.54 Å². The Morgan fingerprint density at radius 1 is 1.33 bits per heavy atom. The molecule has 0 atom stereocenters. The SMILES string of the molecule is CCN(CC)C(=O)CNc1nc2ccccc2s1. The van der Waals surface area contributed by atoms with Crippen LogP contribution < -0.4 is 5.32 Å². The van der Waals surface area contributed by atoms with Gasteiger partial charge in [0.05, 0.1) is 16.8 Å². The molecule has 1 aromatic carbocycles. The molecule has 1 N–H and O–H groups in total. The number of likely N-dealkylation sites (N-methyl/N-ethyl adjacent to an activating group) is 1. The first kappa shape index (κ1) is 12.8. The lowest BCUT2D eigenvalue weighted by Gasteiger charge is -2.18. The predicted octanol–water partition coefficient (Wildman–Crippen LogP) is 2.58. The van der Waals surface area contributed by atoms with Gasteiger partial charge in [0.2, 0.25) is 5.91 Å². The van der Waals surface area contributed by atoms with Crippen LogP contribution in [-0.2, 0) is 4.79 Å². The topological polar surface area (TPSA) is 45.2 Å². The van der Waals surface area contributed by atoms with Crippen LogP contribution >= 0.6 is 11.3 Å². The van der Waals surface area contributed by atoms with E-state index in [1.54, 1.807) is 16.2 Å². The molecule has 18 heavy (non-hydrogen) atoms. The van der Waals surface area contributed by atoms with E-state index in [0.717, 1.165) is 28.4 Å². The van der Waals surface area contributed by atoms with Crippen molar-refractivity contribution in [3.8, 4) is 0 Å². The molecule has 4 nitrogen and oxygen atoms in total. The van der Waals surface area contributed by atoms with Crippen LogP contribution in [0.3, 0.4) is 0 Å². The molecule has 2 aromatic rings. The monoisotopic (exact) mass is 263 g/mol. The van der Waals surface area contributed by atoms with Crippen LogP contribution in [0.4, 0.5) is 5.13 Å². The summed E-state index contributed by atoms with van der Waals surface area (Å²) in [5, 5.41) is 3.90. The molecule has 0 aliphatic rings. The molecule has 1 aromatic heterocycles. The Morgan fingerprint density at radius 3 is 2.72 bits per heavy atom. The van der Waals surface area contributed by atoms with Crippen molar-refractivity contribution in [2.75, 3.05) is 25.0 Å². The van der Waals surface area contributed by atoms with Crippen LogP contribution in [0.5, 0.6) is 0 Å². The smallest absolute Gasteiger partial charge is 0.241 e. The van der Waals surface area contributed by atoms with Gasteiger partial charge in [0.1, 0.15) is 0 Å². The quantitative estimate of drug-likeness (QED) is 0.901. The van der Waals surface area contributed by atoms with Gasteiger partial charge >= 0.3 is 0 Å². The number of carbonyl (C=O) groups is 1. The van der Waals surface area contributed by atoms with Crippen LogP contribution in [0.2, 0.25) is 0 Å². The molecule has 0 saturated carbocycles. The van der Waals surface area contributed by atoms with Gasteiger partial charge in [-0.05, 0) is 26.0 Å². The van der Waals surface area contributed by atoms with Gasteiger partial charge < -0.3 is 10.2 Å². The van der Waals surface area contributed by atoms with E-state index in [9.17, 15) is 4.79 Å². The van der Waals surface area contributed by atoms with Crippen molar-refractivity contribution in [1.29, 1.82) is 0 Å². The molecule has 0 bridgehead atoms. The first-order valence-corrected chi connectivity index (χ1v) is 6.93. The molecule has 0 aliphatic carbocycles. The Hall–Kier alpha value is -1.62.